The van der Waals surface area contributed by atoms with Crippen molar-refractivity contribution >= 4 is 11.0 Å². The molecule has 4 rings (SSSR count). The predicted octanol–water partition coefficient (Wildman–Crippen LogP) is 2.79. The standard InChI is InChI=1S/C23H24F3N7O4/c1-13(24)19-29-17-18(20(34)30-19)32(12-6-8-15(25)26)23(36)33(22(17)35)11-5-3-9-16-28-21(37-31-16)14-7-2-4-10-27-14/h2,4,7,10,13,15H,3,5-6,8-9,11-12H2,1H3,(H,29,30,34). The van der Waals surface area contributed by atoms with Gasteiger partial charge in [-0.1, -0.05) is 11.2 Å². The van der Waals surface area contributed by atoms with Crippen molar-refractivity contribution in [3.05, 3.63) is 67.2 Å². The third kappa shape index (κ3) is 5.84. The van der Waals surface area contributed by atoms with Gasteiger partial charge in [-0.15, -0.1) is 0 Å². The molecule has 0 spiro atoms. The van der Waals surface area contributed by atoms with Gasteiger partial charge in [-0.3, -0.25) is 23.7 Å². The van der Waals surface area contributed by atoms with Crippen LogP contribution in [-0.2, 0) is 19.5 Å². The molecule has 196 valence electrons. The number of fused-ring (bicyclic) bond motifs is 1. The quantitative estimate of drug-likeness (QED) is 0.298. The molecule has 37 heavy (non-hydrogen) atoms. The molecular weight excluding hydrogens is 495 g/mol. The normalized spacial score (nSPS) is 12.5. The molecule has 0 bridgehead atoms. The molecule has 0 aliphatic carbocycles. The van der Waals surface area contributed by atoms with Crippen LogP contribution in [-0.4, -0.2) is 40.7 Å². The number of H-pyrrole nitrogens is 1. The lowest BCUT2D eigenvalue weighted by Crippen LogP contribution is -2.42. The Morgan fingerprint density at radius 3 is 2.51 bits per heavy atom. The van der Waals surface area contributed by atoms with Gasteiger partial charge in [0.15, 0.2) is 17.5 Å². The first-order chi connectivity index (χ1) is 17.8. The Labute approximate surface area is 207 Å². The Kier molecular flexibility index (Phi) is 7.94. The number of hydrogen-bond donors (Lipinski definition) is 1. The summed E-state index contributed by atoms with van der Waals surface area (Å²) < 4.78 is 46.2. The molecule has 4 aromatic rings. The fraction of sp³-hybridized carbons (Fsp3) is 0.435. The molecular formula is C23H24F3N7O4. The highest BCUT2D eigenvalue weighted by Crippen LogP contribution is 2.15. The van der Waals surface area contributed by atoms with Crippen LogP contribution in [0.15, 0.2) is 43.3 Å². The van der Waals surface area contributed by atoms with Gasteiger partial charge in [0.1, 0.15) is 17.0 Å². The molecule has 11 nitrogen and oxygen atoms in total. The number of halogens is 3. The van der Waals surface area contributed by atoms with E-state index < -0.39 is 41.3 Å². The minimum Gasteiger partial charge on any atom is -0.332 e. The first kappa shape index (κ1) is 26.0. The van der Waals surface area contributed by atoms with Gasteiger partial charge in [-0.25, -0.2) is 22.9 Å². The van der Waals surface area contributed by atoms with Gasteiger partial charge in [-0.05, 0) is 38.3 Å². The Bertz CT molecular complexity index is 1540. The van der Waals surface area contributed by atoms with Crippen molar-refractivity contribution in [1.29, 1.82) is 0 Å². The second-order valence-corrected chi connectivity index (χ2v) is 8.38. The number of alkyl halides is 3. The first-order valence-corrected chi connectivity index (χ1v) is 11.7. The van der Waals surface area contributed by atoms with Crippen LogP contribution < -0.4 is 16.8 Å². The summed E-state index contributed by atoms with van der Waals surface area (Å²) in [5, 5.41) is 3.91. The van der Waals surface area contributed by atoms with Gasteiger partial charge in [-0.2, -0.15) is 4.98 Å². The molecule has 0 radical (unpaired) electrons. The Morgan fingerprint density at radius 1 is 1.03 bits per heavy atom. The zero-order chi connectivity index (χ0) is 26.5. The molecule has 0 aliphatic heterocycles. The molecule has 0 aliphatic rings. The van der Waals surface area contributed by atoms with E-state index in [0.29, 0.717) is 30.8 Å². The van der Waals surface area contributed by atoms with E-state index in [4.69, 9.17) is 4.52 Å². The minimum atomic E-state index is -2.59. The summed E-state index contributed by atoms with van der Waals surface area (Å²) in [7, 11) is 0. The molecule has 0 saturated heterocycles. The van der Waals surface area contributed by atoms with E-state index in [1.807, 2.05) is 0 Å². The average molecular weight is 519 g/mol. The second-order valence-electron chi connectivity index (χ2n) is 8.38. The SMILES string of the molecule is CC(F)c1nc2c(=O)n(CCCCc3noc(-c4ccccn4)n3)c(=O)n(CCCC(F)F)c2c(=O)[nH]1. The topological polar surface area (TPSA) is 142 Å². The molecule has 0 saturated carbocycles. The van der Waals surface area contributed by atoms with E-state index in [1.54, 1.807) is 24.4 Å². The molecule has 0 aromatic carbocycles. The molecule has 14 heteroatoms. The summed E-state index contributed by atoms with van der Waals surface area (Å²) >= 11 is 0. The van der Waals surface area contributed by atoms with Gasteiger partial charge < -0.3 is 9.51 Å². The summed E-state index contributed by atoms with van der Waals surface area (Å²) in [4.78, 5) is 53.4. The highest BCUT2D eigenvalue weighted by Gasteiger charge is 2.20. The number of rotatable bonds is 11. The summed E-state index contributed by atoms with van der Waals surface area (Å²) in [5.41, 5.74) is -2.78. The van der Waals surface area contributed by atoms with Crippen LogP contribution in [0.25, 0.3) is 22.6 Å². The maximum Gasteiger partial charge on any atom is 0.331 e. The summed E-state index contributed by atoms with van der Waals surface area (Å²) in [5.74, 6) is 0.327. The van der Waals surface area contributed by atoms with Crippen molar-refractivity contribution in [1.82, 2.24) is 34.2 Å². The van der Waals surface area contributed by atoms with E-state index >= 15 is 0 Å². The Morgan fingerprint density at radius 2 is 1.81 bits per heavy atom. The van der Waals surface area contributed by atoms with Crippen LogP contribution in [0.5, 0.6) is 0 Å². The monoisotopic (exact) mass is 519 g/mol. The van der Waals surface area contributed by atoms with Crippen LogP contribution in [0.1, 0.15) is 50.4 Å². The third-order valence-electron chi connectivity index (χ3n) is 5.66. The number of unbranched alkanes of at least 4 members (excludes halogenated alkanes) is 1. The van der Waals surface area contributed by atoms with Crippen molar-refractivity contribution in [3.63, 3.8) is 0 Å². The fourth-order valence-corrected chi connectivity index (χ4v) is 3.84. The van der Waals surface area contributed by atoms with Gasteiger partial charge in [0.05, 0.1) is 0 Å². The van der Waals surface area contributed by atoms with E-state index in [2.05, 4.69) is 25.1 Å². The lowest BCUT2D eigenvalue weighted by Gasteiger charge is -2.14. The maximum atomic E-state index is 13.8. The summed E-state index contributed by atoms with van der Waals surface area (Å²) in [6, 6.07) is 5.27. The number of aromatic amines is 1. The third-order valence-corrected chi connectivity index (χ3v) is 5.66. The number of aromatic nitrogens is 7. The van der Waals surface area contributed by atoms with Gasteiger partial charge in [0.2, 0.25) is 6.43 Å². The lowest BCUT2D eigenvalue weighted by atomic mass is 10.2. The van der Waals surface area contributed by atoms with Crippen molar-refractivity contribution in [2.75, 3.05) is 0 Å². The maximum absolute atomic E-state index is 13.8. The average Bonchev–Trinajstić information content (AvgIpc) is 3.35. The second kappa shape index (κ2) is 11.3. The van der Waals surface area contributed by atoms with E-state index in [9.17, 15) is 27.6 Å². The van der Waals surface area contributed by atoms with Crippen LogP contribution >= 0.6 is 0 Å². The number of pyridine rings is 1. The molecule has 4 heterocycles. The molecule has 0 fully saturated rings. The molecule has 1 atom stereocenters. The Hall–Kier alpha value is -4.10. The van der Waals surface area contributed by atoms with Crippen molar-refractivity contribution in [3.8, 4) is 11.6 Å². The van der Waals surface area contributed by atoms with Crippen LogP contribution in [0, 0.1) is 0 Å². The van der Waals surface area contributed by atoms with Crippen molar-refractivity contribution in [2.45, 2.75) is 64.7 Å². The lowest BCUT2D eigenvalue weighted by molar-refractivity contribution is 0.133. The van der Waals surface area contributed by atoms with E-state index in [0.717, 1.165) is 16.1 Å². The van der Waals surface area contributed by atoms with Crippen molar-refractivity contribution < 1.29 is 17.7 Å². The zero-order valence-electron chi connectivity index (χ0n) is 19.9. The number of hydrogen-bond acceptors (Lipinski definition) is 8. The molecule has 4 aromatic heterocycles. The van der Waals surface area contributed by atoms with Gasteiger partial charge >= 0.3 is 5.69 Å². The van der Waals surface area contributed by atoms with E-state index in [-0.39, 0.29) is 36.7 Å². The zero-order valence-corrected chi connectivity index (χ0v) is 19.9. The number of nitrogens with one attached hydrogen (secondary N) is 1. The van der Waals surface area contributed by atoms with E-state index in [1.165, 1.54) is 0 Å². The van der Waals surface area contributed by atoms with Crippen LogP contribution in [0.2, 0.25) is 0 Å². The smallest absolute Gasteiger partial charge is 0.331 e. The Balaban J connectivity index is 1.57. The predicted molar refractivity (Wildman–Crippen MR) is 126 cm³/mol. The number of aryl methyl sites for hydroxylation is 2. The van der Waals surface area contributed by atoms with Crippen molar-refractivity contribution in [2.24, 2.45) is 0 Å². The highest BCUT2D eigenvalue weighted by atomic mass is 19.3. The highest BCUT2D eigenvalue weighted by molar-refractivity contribution is 5.72. The van der Waals surface area contributed by atoms with Gasteiger partial charge in [0, 0.05) is 32.1 Å². The fourth-order valence-electron chi connectivity index (χ4n) is 3.84. The minimum absolute atomic E-state index is 0.0393. The molecule has 1 unspecified atom stereocenters. The first-order valence-electron chi connectivity index (χ1n) is 11.7. The summed E-state index contributed by atoms with van der Waals surface area (Å²) in [6.07, 6.45) is -2.05. The molecule has 0 amide bonds. The van der Waals surface area contributed by atoms with Crippen LogP contribution in [0.3, 0.4) is 0 Å². The van der Waals surface area contributed by atoms with Gasteiger partial charge in [0.25, 0.3) is 17.0 Å². The number of nitrogens with zero attached hydrogens (tertiary/aromatic N) is 6. The van der Waals surface area contributed by atoms with Crippen LogP contribution in [0.4, 0.5) is 13.2 Å². The molecule has 1 N–H and O–H groups in total. The largest absolute Gasteiger partial charge is 0.332 e. The summed E-state index contributed by atoms with van der Waals surface area (Å²) in [6.45, 7) is 0.870.